The summed E-state index contributed by atoms with van der Waals surface area (Å²) in [6.07, 6.45) is 0.568. The molecular weight excluding hydrogens is 356 g/mol. The number of ether oxygens (including phenoxy) is 2. The summed E-state index contributed by atoms with van der Waals surface area (Å²) in [5.74, 6) is -0.0865. The molecule has 1 aromatic rings. The SMILES string of the molecule is CC(C)(CCNCc1ccc(OCCN2CCOCC2)c(Cl)c1)C(=O)O. The smallest absolute Gasteiger partial charge is 0.309 e. The van der Waals surface area contributed by atoms with Crippen LogP contribution in [0.15, 0.2) is 18.2 Å². The van der Waals surface area contributed by atoms with Crippen LogP contribution in [0.25, 0.3) is 0 Å². The first kappa shape index (κ1) is 21.0. The predicted octanol–water partition coefficient (Wildman–Crippen LogP) is 2.64. The molecule has 1 fully saturated rings. The number of hydrogen-bond donors (Lipinski definition) is 2. The average Bonchev–Trinajstić information content (AvgIpc) is 2.61. The van der Waals surface area contributed by atoms with E-state index in [1.54, 1.807) is 13.8 Å². The zero-order valence-corrected chi connectivity index (χ0v) is 16.3. The Bertz CT molecular complexity index is 589. The zero-order chi connectivity index (χ0) is 19.0. The Morgan fingerprint density at radius 2 is 2.12 bits per heavy atom. The number of benzene rings is 1. The molecule has 146 valence electrons. The van der Waals surface area contributed by atoms with Gasteiger partial charge in [-0.3, -0.25) is 9.69 Å². The quantitative estimate of drug-likeness (QED) is 0.604. The summed E-state index contributed by atoms with van der Waals surface area (Å²) in [5, 5.41) is 13.0. The number of nitrogens with zero attached hydrogens (tertiary/aromatic N) is 1. The highest BCUT2D eigenvalue weighted by atomic mass is 35.5. The summed E-state index contributed by atoms with van der Waals surface area (Å²) >= 11 is 6.31. The highest BCUT2D eigenvalue weighted by molar-refractivity contribution is 6.32. The van der Waals surface area contributed by atoms with E-state index in [4.69, 9.17) is 26.2 Å². The second-order valence-corrected chi connectivity index (χ2v) is 7.59. The first-order valence-electron chi connectivity index (χ1n) is 9.04. The van der Waals surface area contributed by atoms with E-state index in [1.165, 1.54) is 0 Å². The minimum absolute atomic E-state index is 0.568. The Morgan fingerprint density at radius 3 is 2.77 bits per heavy atom. The molecule has 0 spiro atoms. The number of morpholine rings is 1. The van der Waals surface area contributed by atoms with Crippen molar-refractivity contribution in [2.24, 2.45) is 5.41 Å². The van der Waals surface area contributed by atoms with Gasteiger partial charge in [-0.15, -0.1) is 0 Å². The predicted molar refractivity (Wildman–Crippen MR) is 102 cm³/mol. The lowest BCUT2D eigenvalue weighted by atomic mass is 9.90. The maximum Gasteiger partial charge on any atom is 0.309 e. The second kappa shape index (κ2) is 10.1. The van der Waals surface area contributed by atoms with Gasteiger partial charge in [0.15, 0.2) is 0 Å². The largest absolute Gasteiger partial charge is 0.491 e. The van der Waals surface area contributed by atoms with E-state index in [-0.39, 0.29) is 0 Å². The number of carboxylic acids is 1. The zero-order valence-electron chi connectivity index (χ0n) is 15.6. The molecule has 1 aliphatic heterocycles. The topological polar surface area (TPSA) is 71.0 Å². The van der Waals surface area contributed by atoms with Crippen LogP contribution in [0.5, 0.6) is 5.75 Å². The van der Waals surface area contributed by atoms with Crippen molar-refractivity contribution in [3.8, 4) is 5.75 Å². The molecule has 1 aromatic carbocycles. The van der Waals surface area contributed by atoms with Gasteiger partial charge < -0.3 is 19.9 Å². The molecule has 1 saturated heterocycles. The van der Waals surface area contributed by atoms with Crippen LogP contribution in [0.4, 0.5) is 0 Å². The van der Waals surface area contributed by atoms with E-state index in [2.05, 4.69) is 10.2 Å². The molecule has 0 aliphatic carbocycles. The number of carboxylic acid groups (broad SMARTS) is 1. The second-order valence-electron chi connectivity index (χ2n) is 7.18. The van der Waals surface area contributed by atoms with Crippen molar-refractivity contribution in [1.29, 1.82) is 0 Å². The number of aliphatic carboxylic acids is 1. The Morgan fingerprint density at radius 1 is 1.38 bits per heavy atom. The molecule has 2 N–H and O–H groups in total. The van der Waals surface area contributed by atoms with E-state index in [0.29, 0.717) is 36.9 Å². The fourth-order valence-electron chi connectivity index (χ4n) is 2.62. The lowest BCUT2D eigenvalue weighted by Gasteiger charge is -2.26. The van der Waals surface area contributed by atoms with Gasteiger partial charge in [-0.2, -0.15) is 0 Å². The molecule has 2 rings (SSSR count). The first-order valence-corrected chi connectivity index (χ1v) is 9.42. The Hall–Kier alpha value is -1.34. The van der Waals surface area contributed by atoms with Crippen LogP contribution in [0.1, 0.15) is 25.8 Å². The Kier molecular flexibility index (Phi) is 8.15. The van der Waals surface area contributed by atoms with E-state index in [0.717, 1.165) is 38.4 Å². The van der Waals surface area contributed by atoms with E-state index >= 15 is 0 Å². The van der Waals surface area contributed by atoms with Gasteiger partial charge in [-0.25, -0.2) is 0 Å². The van der Waals surface area contributed by atoms with Crippen molar-refractivity contribution in [2.45, 2.75) is 26.8 Å². The number of rotatable bonds is 10. The molecule has 0 bridgehead atoms. The third-order valence-corrected chi connectivity index (χ3v) is 4.90. The van der Waals surface area contributed by atoms with Crippen LogP contribution >= 0.6 is 11.6 Å². The maximum absolute atomic E-state index is 11.1. The summed E-state index contributed by atoms with van der Waals surface area (Å²) in [6, 6.07) is 5.76. The highest BCUT2D eigenvalue weighted by Gasteiger charge is 2.26. The van der Waals surface area contributed by atoms with Crippen LogP contribution in [-0.2, 0) is 16.1 Å². The molecule has 0 amide bonds. The lowest BCUT2D eigenvalue weighted by Crippen LogP contribution is -2.38. The van der Waals surface area contributed by atoms with E-state index < -0.39 is 11.4 Å². The lowest BCUT2D eigenvalue weighted by molar-refractivity contribution is -0.147. The first-order chi connectivity index (χ1) is 12.4. The molecule has 0 saturated carbocycles. The summed E-state index contributed by atoms with van der Waals surface area (Å²) in [6.45, 7) is 9.66. The molecule has 6 nitrogen and oxygen atoms in total. The van der Waals surface area contributed by atoms with Crippen LogP contribution in [-0.4, -0.2) is 62.0 Å². The average molecular weight is 385 g/mol. The van der Waals surface area contributed by atoms with Crippen molar-refractivity contribution in [1.82, 2.24) is 10.2 Å². The van der Waals surface area contributed by atoms with Crippen LogP contribution in [0.3, 0.4) is 0 Å². The third-order valence-electron chi connectivity index (χ3n) is 4.60. The fourth-order valence-corrected chi connectivity index (χ4v) is 2.88. The van der Waals surface area contributed by atoms with Gasteiger partial charge in [0.1, 0.15) is 12.4 Å². The minimum atomic E-state index is -0.777. The summed E-state index contributed by atoms with van der Waals surface area (Å²) in [5.41, 5.74) is 0.326. The fraction of sp³-hybridized carbons (Fsp3) is 0.632. The van der Waals surface area contributed by atoms with Crippen molar-refractivity contribution in [3.63, 3.8) is 0 Å². The van der Waals surface area contributed by atoms with E-state index in [1.807, 2.05) is 18.2 Å². The number of halogens is 1. The van der Waals surface area contributed by atoms with Gasteiger partial charge in [0.25, 0.3) is 0 Å². The van der Waals surface area contributed by atoms with Gasteiger partial charge >= 0.3 is 5.97 Å². The minimum Gasteiger partial charge on any atom is -0.491 e. The number of hydrogen-bond acceptors (Lipinski definition) is 5. The van der Waals surface area contributed by atoms with Crippen LogP contribution < -0.4 is 10.1 Å². The molecule has 0 radical (unpaired) electrons. The normalized spacial score (nSPS) is 15.8. The van der Waals surface area contributed by atoms with E-state index in [9.17, 15) is 4.79 Å². The van der Waals surface area contributed by atoms with Gasteiger partial charge in [-0.1, -0.05) is 17.7 Å². The van der Waals surface area contributed by atoms with Crippen LogP contribution in [0.2, 0.25) is 5.02 Å². The van der Waals surface area contributed by atoms with Gasteiger partial charge in [-0.05, 0) is 44.5 Å². The van der Waals surface area contributed by atoms with Crippen molar-refractivity contribution in [3.05, 3.63) is 28.8 Å². The summed E-state index contributed by atoms with van der Waals surface area (Å²) in [7, 11) is 0. The summed E-state index contributed by atoms with van der Waals surface area (Å²) < 4.78 is 11.1. The monoisotopic (exact) mass is 384 g/mol. The van der Waals surface area contributed by atoms with Crippen LogP contribution in [0, 0.1) is 5.41 Å². The maximum atomic E-state index is 11.1. The molecule has 26 heavy (non-hydrogen) atoms. The summed E-state index contributed by atoms with van der Waals surface area (Å²) in [4.78, 5) is 13.4. The standard InChI is InChI=1S/C19H29ClN2O4/c1-19(2,18(23)24)5-6-21-14-15-3-4-17(16(20)13-15)26-12-9-22-7-10-25-11-8-22/h3-4,13,21H,5-12,14H2,1-2H3,(H,23,24). The molecular formula is C19H29ClN2O4. The molecule has 1 aliphatic rings. The third kappa shape index (κ3) is 6.76. The molecule has 0 unspecified atom stereocenters. The van der Waals surface area contributed by atoms with Crippen molar-refractivity contribution >= 4 is 17.6 Å². The molecule has 7 heteroatoms. The Labute approximate surface area is 160 Å². The van der Waals surface area contributed by atoms with Gasteiger partial charge in [0, 0.05) is 26.2 Å². The Balaban J connectivity index is 1.71. The van der Waals surface area contributed by atoms with Crippen molar-refractivity contribution in [2.75, 3.05) is 46.0 Å². The molecule has 1 heterocycles. The molecule has 0 aromatic heterocycles. The highest BCUT2D eigenvalue weighted by Crippen LogP contribution is 2.25. The van der Waals surface area contributed by atoms with Crippen molar-refractivity contribution < 1.29 is 19.4 Å². The van der Waals surface area contributed by atoms with Gasteiger partial charge in [0.05, 0.1) is 23.7 Å². The molecule has 0 atom stereocenters. The number of carbonyl (C=O) groups is 1. The van der Waals surface area contributed by atoms with Gasteiger partial charge in [0.2, 0.25) is 0 Å². The number of nitrogens with one attached hydrogen (secondary N) is 1.